The van der Waals surface area contributed by atoms with Crippen molar-refractivity contribution < 1.29 is 9.32 Å². The number of amides is 1. The SMILES string of the molecule is Cc1noc2nc(C(C)C)cc(C(=O)NCc3ccc(N(C)C)cc3)c12. The smallest absolute Gasteiger partial charge is 0.259 e. The van der Waals surface area contributed by atoms with Crippen molar-refractivity contribution in [1.82, 2.24) is 15.5 Å². The highest BCUT2D eigenvalue weighted by molar-refractivity contribution is 6.06. The Morgan fingerprint density at radius 2 is 1.92 bits per heavy atom. The van der Waals surface area contributed by atoms with Crippen LogP contribution in [0.2, 0.25) is 0 Å². The van der Waals surface area contributed by atoms with Crippen molar-refractivity contribution in [3.05, 3.63) is 52.8 Å². The molecule has 0 radical (unpaired) electrons. The van der Waals surface area contributed by atoms with Crippen LogP contribution in [0.3, 0.4) is 0 Å². The maximum absolute atomic E-state index is 12.8. The monoisotopic (exact) mass is 352 g/mol. The second-order valence-electron chi connectivity index (χ2n) is 6.94. The molecule has 0 aliphatic rings. The van der Waals surface area contributed by atoms with Gasteiger partial charge >= 0.3 is 0 Å². The number of fused-ring (bicyclic) bond motifs is 1. The molecule has 0 unspecified atom stereocenters. The summed E-state index contributed by atoms with van der Waals surface area (Å²) < 4.78 is 5.28. The summed E-state index contributed by atoms with van der Waals surface area (Å²) in [5.74, 6) is 0.0391. The van der Waals surface area contributed by atoms with E-state index in [0.717, 1.165) is 16.9 Å². The molecule has 136 valence electrons. The van der Waals surface area contributed by atoms with E-state index in [-0.39, 0.29) is 11.8 Å². The van der Waals surface area contributed by atoms with E-state index in [4.69, 9.17) is 4.52 Å². The molecule has 0 atom stereocenters. The van der Waals surface area contributed by atoms with Crippen molar-refractivity contribution in [3.63, 3.8) is 0 Å². The maximum Gasteiger partial charge on any atom is 0.259 e. The molecule has 26 heavy (non-hydrogen) atoms. The maximum atomic E-state index is 12.8. The minimum atomic E-state index is -0.151. The lowest BCUT2D eigenvalue weighted by Gasteiger charge is -2.13. The Morgan fingerprint density at radius 3 is 2.54 bits per heavy atom. The fourth-order valence-electron chi connectivity index (χ4n) is 2.78. The zero-order valence-corrected chi connectivity index (χ0v) is 15.8. The van der Waals surface area contributed by atoms with Gasteiger partial charge in [-0.15, -0.1) is 0 Å². The van der Waals surface area contributed by atoms with E-state index in [1.54, 1.807) is 0 Å². The number of nitrogens with zero attached hydrogens (tertiary/aromatic N) is 3. The van der Waals surface area contributed by atoms with Gasteiger partial charge in [0.2, 0.25) is 0 Å². The molecule has 3 aromatic rings. The van der Waals surface area contributed by atoms with Crippen molar-refractivity contribution >= 4 is 22.7 Å². The highest BCUT2D eigenvalue weighted by Crippen LogP contribution is 2.25. The largest absolute Gasteiger partial charge is 0.378 e. The Morgan fingerprint density at radius 1 is 1.23 bits per heavy atom. The first-order chi connectivity index (χ1) is 12.4. The number of nitrogens with one attached hydrogen (secondary N) is 1. The summed E-state index contributed by atoms with van der Waals surface area (Å²) in [6, 6.07) is 9.94. The lowest BCUT2D eigenvalue weighted by atomic mass is 10.0. The van der Waals surface area contributed by atoms with Crippen LogP contribution >= 0.6 is 0 Å². The number of aryl methyl sites for hydroxylation is 1. The fourth-order valence-corrected chi connectivity index (χ4v) is 2.78. The van der Waals surface area contributed by atoms with Crippen molar-refractivity contribution in [2.75, 3.05) is 19.0 Å². The van der Waals surface area contributed by atoms with Crippen LogP contribution < -0.4 is 10.2 Å². The molecule has 1 N–H and O–H groups in total. The Kier molecular flexibility index (Phi) is 4.93. The van der Waals surface area contributed by atoms with Crippen molar-refractivity contribution in [2.24, 2.45) is 0 Å². The molecule has 6 heteroatoms. The predicted octanol–water partition coefficient (Wildman–Crippen LogP) is 3.65. The molecule has 1 amide bonds. The van der Waals surface area contributed by atoms with Crippen LogP contribution in [0.15, 0.2) is 34.9 Å². The van der Waals surface area contributed by atoms with E-state index in [9.17, 15) is 4.79 Å². The molecular weight excluding hydrogens is 328 g/mol. The van der Waals surface area contributed by atoms with Gasteiger partial charge in [0.1, 0.15) is 0 Å². The summed E-state index contributed by atoms with van der Waals surface area (Å²) in [5, 5.41) is 7.63. The van der Waals surface area contributed by atoms with Crippen LogP contribution in [-0.2, 0) is 6.54 Å². The summed E-state index contributed by atoms with van der Waals surface area (Å²) in [4.78, 5) is 19.3. The summed E-state index contributed by atoms with van der Waals surface area (Å²) in [6.45, 7) is 6.34. The van der Waals surface area contributed by atoms with E-state index in [2.05, 4.69) is 15.5 Å². The second-order valence-corrected chi connectivity index (χ2v) is 6.94. The Labute approximate surface area is 153 Å². The molecule has 0 spiro atoms. The van der Waals surface area contributed by atoms with Gasteiger partial charge in [0.25, 0.3) is 11.6 Å². The van der Waals surface area contributed by atoms with Gasteiger partial charge in [0.15, 0.2) is 0 Å². The molecule has 0 bridgehead atoms. The molecule has 1 aromatic carbocycles. The van der Waals surface area contributed by atoms with Crippen molar-refractivity contribution in [1.29, 1.82) is 0 Å². The number of rotatable bonds is 5. The third kappa shape index (κ3) is 3.54. The number of carbonyl (C=O) groups is 1. The van der Waals surface area contributed by atoms with Crippen LogP contribution in [0.25, 0.3) is 11.1 Å². The average molecular weight is 352 g/mol. The van der Waals surface area contributed by atoms with Gasteiger partial charge in [-0.3, -0.25) is 4.79 Å². The van der Waals surface area contributed by atoms with Gasteiger partial charge in [-0.05, 0) is 36.6 Å². The number of carbonyl (C=O) groups excluding carboxylic acids is 1. The quantitative estimate of drug-likeness (QED) is 0.759. The molecular formula is C20H24N4O2. The molecule has 6 nitrogen and oxygen atoms in total. The third-order valence-electron chi connectivity index (χ3n) is 4.38. The van der Waals surface area contributed by atoms with Gasteiger partial charge in [0, 0.05) is 32.0 Å². The molecule has 0 aliphatic carbocycles. The number of anilines is 1. The summed E-state index contributed by atoms with van der Waals surface area (Å²) in [5.41, 5.74) is 4.62. The Hall–Kier alpha value is -2.89. The van der Waals surface area contributed by atoms with Crippen LogP contribution in [0.4, 0.5) is 5.69 Å². The van der Waals surface area contributed by atoms with Crippen molar-refractivity contribution in [2.45, 2.75) is 33.2 Å². The molecule has 2 aromatic heterocycles. The molecule has 0 saturated carbocycles. The van der Waals surface area contributed by atoms with E-state index in [1.165, 1.54) is 0 Å². The normalized spacial score (nSPS) is 11.2. The van der Waals surface area contributed by atoms with E-state index in [0.29, 0.717) is 28.9 Å². The first-order valence-electron chi connectivity index (χ1n) is 8.68. The predicted molar refractivity (Wildman–Crippen MR) is 103 cm³/mol. The molecule has 0 saturated heterocycles. The van der Waals surface area contributed by atoms with Gasteiger partial charge in [-0.1, -0.05) is 31.1 Å². The highest BCUT2D eigenvalue weighted by atomic mass is 16.5. The van der Waals surface area contributed by atoms with Crippen LogP contribution in [0.5, 0.6) is 0 Å². The third-order valence-corrected chi connectivity index (χ3v) is 4.38. The molecule has 0 aliphatic heterocycles. The molecule has 3 rings (SSSR count). The van der Waals surface area contributed by atoms with E-state index < -0.39 is 0 Å². The standard InChI is InChI=1S/C20H24N4O2/c1-12(2)17-10-16(18-13(3)23-26-20(18)22-17)19(25)21-11-14-6-8-15(9-7-14)24(4)5/h6-10,12H,11H2,1-5H3,(H,21,25). The molecule has 2 heterocycles. The number of hydrogen-bond donors (Lipinski definition) is 1. The van der Waals surface area contributed by atoms with Gasteiger partial charge in [-0.2, -0.15) is 0 Å². The van der Waals surface area contributed by atoms with Crippen LogP contribution in [-0.4, -0.2) is 30.1 Å². The van der Waals surface area contributed by atoms with Crippen molar-refractivity contribution in [3.8, 4) is 0 Å². The number of aromatic nitrogens is 2. The number of hydrogen-bond acceptors (Lipinski definition) is 5. The Balaban J connectivity index is 1.84. The minimum absolute atomic E-state index is 0.151. The van der Waals surface area contributed by atoms with Gasteiger partial charge < -0.3 is 14.7 Å². The fraction of sp³-hybridized carbons (Fsp3) is 0.350. The topological polar surface area (TPSA) is 71.3 Å². The number of benzene rings is 1. The number of pyridine rings is 1. The van der Waals surface area contributed by atoms with Gasteiger partial charge in [-0.25, -0.2) is 4.98 Å². The zero-order valence-electron chi connectivity index (χ0n) is 15.8. The highest BCUT2D eigenvalue weighted by Gasteiger charge is 2.19. The second kappa shape index (κ2) is 7.15. The molecule has 0 fully saturated rings. The lowest BCUT2D eigenvalue weighted by Crippen LogP contribution is -2.23. The summed E-state index contributed by atoms with van der Waals surface area (Å²) >= 11 is 0. The van der Waals surface area contributed by atoms with E-state index in [1.807, 2.05) is 70.1 Å². The first-order valence-corrected chi connectivity index (χ1v) is 8.68. The average Bonchev–Trinajstić information content (AvgIpc) is 3.00. The minimum Gasteiger partial charge on any atom is -0.378 e. The van der Waals surface area contributed by atoms with E-state index >= 15 is 0 Å². The van der Waals surface area contributed by atoms with Crippen LogP contribution in [0.1, 0.15) is 47.1 Å². The van der Waals surface area contributed by atoms with Crippen LogP contribution in [0, 0.1) is 6.92 Å². The summed E-state index contributed by atoms with van der Waals surface area (Å²) in [7, 11) is 4.00. The Bertz CT molecular complexity index is 927. The first kappa shape index (κ1) is 17.9. The zero-order chi connectivity index (χ0) is 18.8. The summed E-state index contributed by atoms with van der Waals surface area (Å²) in [6.07, 6.45) is 0. The lowest BCUT2D eigenvalue weighted by molar-refractivity contribution is 0.0952. The van der Waals surface area contributed by atoms with Gasteiger partial charge in [0.05, 0.1) is 16.6 Å².